The highest BCUT2D eigenvalue weighted by Gasteiger charge is 2.35. The number of nitrogens with zero attached hydrogens (tertiary/aromatic N) is 1. The van der Waals surface area contributed by atoms with Crippen LogP contribution >= 0.6 is 0 Å². The summed E-state index contributed by atoms with van der Waals surface area (Å²) in [6.07, 6.45) is -8.25. The SMILES string of the molecule is [2H]C([2H])([2H])c1cccc(C([2H])([2H])[2H])c1OCC(=O)N[C@H]([C@@H](O)C[C@H](Cc1ccccc1)NC(=O)[C@H](C(C)C)N1C(=O)NC([2H])([2H])C([2H])([2H])C1([2H])[2H])C([2H])([2H])c1ccccc1. The smallest absolute Gasteiger partial charge is 0.318 e. The molecule has 0 aromatic heterocycles. The Morgan fingerprint density at radius 1 is 1.00 bits per heavy atom. The van der Waals surface area contributed by atoms with E-state index in [-0.39, 0.29) is 12.0 Å². The molecule has 1 saturated heterocycles. The maximum Gasteiger partial charge on any atom is 0.318 e. The largest absolute Gasteiger partial charge is 0.483 e. The van der Waals surface area contributed by atoms with E-state index in [4.69, 9.17) is 23.9 Å². The fourth-order valence-corrected chi connectivity index (χ4v) is 4.99. The van der Waals surface area contributed by atoms with Crippen molar-refractivity contribution in [3.8, 4) is 5.75 Å². The quantitative estimate of drug-likeness (QED) is 0.197. The fourth-order valence-electron chi connectivity index (χ4n) is 4.99. The predicted octanol–water partition coefficient (Wildman–Crippen LogP) is 4.33. The number of rotatable bonds is 15. The number of ether oxygens (including phenoxy) is 1. The average molecular weight is 643 g/mol. The molecular weight excluding hydrogens is 580 g/mol. The van der Waals surface area contributed by atoms with E-state index in [0.717, 1.165) is 12.1 Å². The number of carbonyl (C=O) groups is 3. The summed E-state index contributed by atoms with van der Waals surface area (Å²) >= 11 is 0. The van der Waals surface area contributed by atoms with Gasteiger partial charge in [-0.3, -0.25) is 9.59 Å². The van der Waals surface area contributed by atoms with Gasteiger partial charge >= 0.3 is 6.03 Å². The van der Waals surface area contributed by atoms with Crippen molar-refractivity contribution in [3.63, 3.8) is 0 Å². The van der Waals surface area contributed by atoms with Crippen molar-refractivity contribution in [2.45, 2.75) is 77.4 Å². The summed E-state index contributed by atoms with van der Waals surface area (Å²) in [4.78, 5) is 41.4. The van der Waals surface area contributed by atoms with Crippen molar-refractivity contribution in [2.24, 2.45) is 5.92 Å². The van der Waals surface area contributed by atoms with Crippen LogP contribution in [0.4, 0.5) is 4.79 Å². The van der Waals surface area contributed by atoms with Crippen LogP contribution in [0.1, 0.15) is 68.1 Å². The van der Waals surface area contributed by atoms with Gasteiger partial charge in [0.05, 0.1) is 12.1 Å². The Hall–Kier alpha value is -4.37. The topological polar surface area (TPSA) is 120 Å². The molecule has 0 unspecified atom stereocenters. The molecule has 0 bridgehead atoms. The van der Waals surface area contributed by atoms with Crippen LogP contribution in [0.2, 0.25) is 0 Å². The predicted molar refractivity (Wildman–Crippen MR) is 180 cm³/mol. The van der Waals surface area contributed by atoms with E-state index >= 15 is 0 Å². The second kappa shape index (κ2) is 16.8. The van der Waals surface area contributed by atoms with E-state index in [9.17, 15) is 19.5 Å². The normalized spacial score (nSPS) is 24.4. The highest BCUT2D eigenvalue weighted by Crippen LogP contribution is 2.22. The van der Waals surface area contributed by atoms with Crippen molar-refractivity contribution < 1.29 is 43.4 Å². The van der Waals surface area contributed by atoms with E-state index < -0.39 is 117 Å². The van der Waals surface area contributed by atoms with Crippen LogP contribution in [-0.4, -0.2) is 71.7 Å². The third-order valence-corrected chi connectivity index (χ3v) is 7.16. The van der Waals surface area contributed by atoms with Gasteiger partial charge in [0.2, 0.25) is 5.91 Å². The molecule has 4 rings (SSSR count). The Kier molecular flexibility index (Phi) is 7.30. The minimum atomic E-state index is -3.35. The maximum absolute atomic E-state index is 14.2. The number of benzene rings is 3. The minimum Gasteiger partial charge on any atom is -0.483 e. The van der Waals surface area contributed by atoms with Crippen molar-refractivity contribution in [3.05, 3.63) is 101 Å². The van der Waals surface area contributed by atoms with E-state index in [0.29, 0.717) is 10.5 Å². The second-order valence-corrected chi connectivity index (χ2v) is 11.1. The van der Waals surface area contributed by atoms with Gasteiger partial charge < -0.3 is 30.7 Å². The first kappa shape index (κ1) is 20.0. The summed E-state index contributed by atoms with van der Waals surface area (Å²) in [5, 5.41) is 18.9. The number of aryl methyl sites for hydroxylation is 2. The third kappa shape index (κ3) is 9.81. The van der Waals surface area contributed by atoms with Gasteiger partial charge in [0, 0.05) is 38.2 Å². The zero-order chi connectivity index (χ0) is 45.2. The molecule has 1 aliphatic rings. The number of hydrogen-bond donors (Lipinski definition) is 4. The second-order valence-electron chi connectivity index (χ2n) is 11.1. The van der Waals surface area contributed by atoms with Gasteiger partial charge in [-0.2, -0.15) is 0 Å². The molecule has 4 N–H and O–H groups in total. The molecule has 0 aliphatic carbocycles. The van der Waals surface area contributed by atoms with E-state index in [2.05, 4.69) is 10.6 Å². The van der Waals surface area contributed by atoms with E-state index in [1.807, 2.05) is 5.32 Å². The van der Waals surface area contributed by atoms with Gasteiger partial charge in [-0.25, -0.2) is 4.79 Å². The van der Waals surface area contributed by atoms with Gasteiger partial charge in [-0.1, -0.05) is 92.7 Å². The van der Waals surface area contributed by atoms with Gasteiger partial charge in [0.1, 0.15) is 11.8 Å². The Morgan fingerprint density at radius 3 is 2.28 bits per heavy atom. The zero-order valence-electron chi connectivity index (χ0n) is 39.5. The molecule has 0 radical (unpaired) electrons. The Balaban J connectivity index is 1.70. The lowest BCUT2D eigenvalue weighted by molar-refractivity contribution is -0.128. The number of nitrogens with one attached hydrogen (secondary N) is 3. The Bertz CT molecular complexity index is 1950. The first-order valence-corrected chi connectivity index (χ1v) is 14.8. The van der Waals surface area contributed by atoms with Crippen LogP contribution in [0.5, 0.6) is 5.75 Å². The van der Waals surface area contributed by atoms with Crippen molar-refractivity contribution in [2.75, 3.05) is 19.6 Å². The van der Waals surface area contributed by atoms with Gasteiger partial charge in [-0.05, 0) is 67.5 Å². The van der Waals surface area contributed by atoms with E-state index in [1.165, 1.54) is 44.2 Å². The zero-order valence-corrected chi connectivity index (χ0v) is 25.5. The van der Waals surface area contributed by atoms with Crippen molar-refractivity contribution in [1.82, 2.24) is 20.9 Å². The number of carbonyl (C=O) groups excluding carboxylic acids is 3. The fraction of sp³-hybridized carbons (Fsp3) is 0.432. The molecule has 3 aromatic rings. The molecule has 246 valence electrons. The van der Waals surface area contributed by atoms with Crippen LogP contribution in [0.15, 0.2) is 78.9 Å². The van der Waals surface area contributed by atoms with E-state index in [1.54, 1.807) is 36.4 Å². The number of para-hydroxylation sites is 1. The lowest BCUT2D eigenvalue weighted by atomic mass is 9.92. The number of aliphatic hydroxyl groups is 1. The molecule has 46 heavy (non-hydrogen) atoms. The molecule has 4 atom stereocenters. The molecule has 1 heterocycles. The van der Waals surface area contributed by atoms with Gasteiger partial charge in [0.25, 0.3) is 5.91 Å². The molecule has 3 aromatic carbocycles. The lowest BCUT2D eigenvalue weighted by Gasteiger charge is -2.37. The minimum absolute atomic E-state index is 0.0173. The van der Waals surface area contributed by atoms with Crippen LogP contribution < -0.4 is 20.7 Å². The summed E-state index contributed by atoms with van der Waals surface area (Å²) in [6.45, 7) is -10.3. The summed E-state index contributed by atoms with van der Waals surface area (Å²) in [7, 11) is 0. The molecule has 9 nitrogen and oxygen atoms in total. The number of amides is 4. The van der Waals surface area contributed by atoms with Crippen LogP contribution in [0, 0.1) is 19.6 Å². The average Bonchev–Trinajstić information content (AvgIpc) is 3.13. The molecular formula is C37H48N4O5. The molecule has 0 spiro atoms. The number of urea groups is 1. The highest BCUT2D eigenvalue weighted by molar-refractivity contribution is 5.87. The molecule has 1 fully saturated rings. The first-order valence-electron chi connectivity index (χ1n) is 21.8. The molecule has 1 aliphatic heterocycles. The monoisotopic (exact) mass is 642 g/mol. The van der Waals surface area contributed by atoms with Crippen molar-refractivity contribution >= 4 is 17.8 Å². The number of hydrogen-bond acceptors (Lipinski definition) is 5. The summed E-state index contributed by atoms with van der Waals surface area (Å²) in [5.74, 6) is -3.55. The molecule has 0 saturated carbocycles. The van der Waals surface area contributed by atoms with Crippen LogP contribution in [-0.2, 0) is 22.4 Å². The van der Waals surface area contributed by atoms with Gasteiger partial charge in [0.15, 0.2) is 6.61 Å². The summed E-state index contributed by atoms with van der Waals surface area (Å²) in [5.41, 5.74) is -0.332. The number of aliphatic hydroxyl groups excluding tert-OH is 1. The molecule has 4 amide bonds. The summed E-state index contributed by atoms with van der Waals surface area (Å²) < 4.78 is 121. The molecule has 9 heteroatoms. The lowest BCUT2D eigenvalue weighted by Crippen LogP contribution is -2.59. The highest BCUT2D eigenvalue weighted by atomic mass is 16.5. The first-order chi connectivity index (χ1) is 27.5. The standard InChI is InChI=1S/C37H48N4O5/c1-25(2)34(41-20-12-19-38-37(41)45)36(44)39-30(21-28-15-7-5-8-16-28)23-32(42)31(22-29-17-9-6-10-18-29)40-33(43)24-46-35-26(3)13-11-14-27(35)4/h5-11,13-18,25,30-32,34,42H,12,19-24H2,1-4H3,(H,38,45)(H,39,44)(H,40,43)/t30-,31-,32-,34-/m0/s1/i3D3,4D3,12D2,19D2,20D2,22D2. The maximum atomic E-state index is 14.2. The van der Waals surface area contributed by atoms with Crippen LogP contribution in [0.25, 0.3) is 0 Å². The van der Waals surface area contributed by atoms with Gasteiger partial charge in [-0.15, -0.1) is 0 Å². The summed E-state index contributed by atoms with van der Waals surface area (Å²) in [6, 6.07) is 13.4. The third-order valence-electron chi connectivity index (χ3n) is 7.16. The van der Waals surface area contributed by atoms with Crippen molar-refractivity contribution in [1.29, 1.82) is 0 Å². The Labute approximate surface area is 292 Å². The van der Waals surface area contributed by atoms with Crippen LogP contribution in [0.3, 0.4) is 0 Å². The Morgan fingerprint density at radius 2 is 1.65 bits per heavy atom.